The first kappa shape index (κ1) is 16.0. The third kappa shape index (κ3) is 3.71. The molecule has 6 nitrogen and oxygen atoms in total. The van der Waals surface area contributed by atoms with Crippen molar-refractivity contribution >= 4 is 22.9 Å². The number of carbonyl (C=O) groups is 1. The number of benzene rings is 1. The second-order valence-corrected chi connectivity index (χ2v) is 5.78. The topological polar surface area (TPSA) is 75.6 Å². The molecule has 3 rings (SSSR count). The summed E-state index contributed by atoms with van der Waals surface area (Å²) in [6.45, 7) is 2.47. The molecule has 2 N–H and O–H groups in total. The molecule has 1 amide bonds. The Morgan fingerprint density at radius 3 is 3.00 bits per heavy atom. The van der Waals surface area contributed by atoms with Crippen LogP contribution < -0.4 is 5.32 Å². The molecule has 0 saturated heterocycles. The number of H-pyrrole nitrogens is 1. The Kier molecular flexibility index (Phi) is 4.74. The Bertz CT molecular complexity index is 875. The Morgan fingerprint density at radius 1 is 1.38 bits per heavy atom. The van der Waals surface area contributed by atoms with Crippen LogP contribution in [0.4, 0.5) is 0 Å². The Morgan fingerprint density at radius 2 is 2.21 bits per heavy atom. The second-order valence-electron chi connectivity index (χ2n) is 5.78. The maximum atomic E-state index is 11.9. The first-order valence-corrected chi connectivity index (χ1v) is 8.01. The molecule has 2 heterocycles. The van der Waals surface area contributed by atoms with E-state index in [1.54, 1.807) is 6.08 Å². The molecule has 124 valence electrons. The van der Waals surface area contributed by atoms with Crippen LogP contribution in [-0.2, 0) is 18.3 Å². The van der Waals surface area contributed by atoms with Gasteiger partial charge in [0, 0.05) is 48.8 Å². The van der Waals surface area contributed by atoms with E-state index in [1.807, 2.05) is 38.4 Å². The minimum atomic E-state index is -0.0888. The van der Waals surface area contributed by atoms with Crippen LogP contribution in [0.1, 0.15) is 23.6 Å². The molecule has 0 saturated carbocycles. The SMILES string of the molecule is Cc1nc(CCCNC(=O)C=Cc2cn(C)c3ccccc23)n[nH]1. The van der Waals surface area contributed by atoms with Gasteiger partial charge >= 0.3 is 0 Å². The third-order valence-electron chi connectivity index (χ3n) is 3.86. The largest absolute Gasteiger partial charge is 0.353 e. The monoisotopic (exact) mass is 323 g/mol. The number of aryl methyl sites for hydroxylation is 3. The van der Waals surface area contributed by atoms with Gasteiger partial charge in [-0.25, -0.2) is 4.98 Å². The molecule has 1 aromatic carbocycles. The number of nitrogens with zero attached hydrogens (tertiary/aromatic N) is 3. The maximum absolute atomic E-state index is 11.9. The van der Waals surface area contributed by atoms with Gasteiger partial charge in [-0.05, 0) is 25.5 Å². The van der Waals surface area contributed by atoms with Gasteiger partial charge in [-0.1, -0.05) is 18.2 Å². The highest BCUT2D eigenvalue weighted by Crippen LogP contribution is 2.21. The molecular weight excluding hydrogens is 302 g/mol. The molecule has 2 aromatic heterocycles. The van der Waals surface area contributed by atoms with Gasteiger partial charge in [-0.15, -0.1) is 0 Å². The van der Waals surface area contributed by atoms with Crippen LogP contribution in [0, 0.1) is 6.92 Å². The van der Waals surface area contributed by atoms with Crippen molar-refractivity contribution in [3.63, 3.8) is 0 Å². The summed E-state index contributed by atoms with van der Waals surface area (Å²) in [6, 6.07) is 8.14. The molecule has 0 radical (unpaired) electrons. The molecule has 0 aliphatic rings. The normalized spacial score (nSPS) is 11.4. The van der Waals surface area contributed by atoms with Crippen molar-refractivity contribution in [2.75, 3.05) is 6.54 Å². The van der Waals surface area contributed by atoms with Crippen molar-refractivity contribution in [1.29, 1.82) is 0 Å². The molecule has 0 aliphatic carbocycles. The van der Waals surface area contributed by atoms with Crippen molar-refractivity contribution in [2.24, 2.45) is 7.05 Å². The highest BCUT2D eigenvalue weighted by Gasteiger charge is 2.04. The predicted octanol–water partition coefficient (Wildman–Crippen LogP) is 2.37. The zero-order valence-corrected chi connectivity index (χ0v) is 13.9. The Hall–Kier alpha value is -2.89. The van der Waals surface area contributed by atoms with Gasteiger partial charge in [0.25, 0.3) is 0 Å². The van der Waals surface area contributed by atoms with Gasteiger partial charge in [0.2, 0.25) is 5.91 Å². The van der Waals surface area contributed by atoms with Gasteiger partial charge in [0.15, 0.2) is 5.82 Å². The molecular formula is C18H21N5O. The molecule has 24 heavy (non-hydrogen) atoms. The first-order chi connectivity index (χ1) is 11.6. The van der Waals surface area contributed by atoms with Crippen LogP contribution in [0.2, 0.25) is 0 Å². The van der Waals surface area contributed by atoms with Crippen LogP contribution in [0.25, 0.3) is 17.0 Å². The van der Waals surface area contributed by atoms with Gasteiger partial charge in [0.1, 0.15) is 5.82 Å². The van der Waals surface area contributed by atoms with E-state index in [0.717, 1.165) is 41.0 Å². The summed E-state index contributed by atoms with van der Waals surface area (Å²) in [4.78, 5) is 16.2. The van der Waals surface area contributed by atoms with Crippen LogP contribution in [0.3, 0.4) is 0 Å². The first-order valence-electron chi connectivity index (χ1n) is 8.01. The summed E-state index contributed by atoms with van der Waals surface area (Å²) >= 11 is 0. The molecule has 0 aliphatic heterocycles. The zero-order chi connectivity index (χ0) is 16.9. The number of carbonyl (C=O) groups excluding carboxylic acids is 1. The number of nitrogens with one attached hydrogen (secondary N) is 2. The third-order valence-corrected chi connectivity index (χ3v) is 3.86. The summed E-state index contributed by atoms with van der Waals surface area (Å²) in [5.74, 6) is 1.51. The number of fused-ring (bicyclic) bond motifs is 1. The van der Waals surface area contributed by atoms with Crippen LogP contribution in [0.15, 0.2) is 36.5 Å². The van der Waals surface area contributed by atoms with E-state index in [9.17, 15) is 4.79 Å². The summed E-state index contributed by atoms with van der Waals surface area (Å²) in [5.41, 5.74) is 2.19. The van der Waals surface area contributed by atoms with Crippen LogP contribution in [0.5, 0.6) is 0 Å². The van der Waals surface area contributed by atoms with E-state index in [2.05, 4.69) is 37.2 Å². The fraction of sp³-hybridized carbons (Fsp3) is 0.278. The molecule has 3 aromatic rings. The van der Waals surface area contributed by atoms with Crippen LogP contribution >= 0.6 is 0 Å². The van der Waals surface area contributed by atoms with E-state index < -0.39 is 0 Å². The van der Waals surface area contributed by atoms with E-state index in [-0.39, 0.29) is 5.91 Å². The zero-order valence-electron chi connectivity index (χ0n) is 13.9. The van der Waals surface area contributed by atoms with Crippen molar-refractivity contribution in [3.05, 3.63) is 53.8 Å². The Labute approximate surface area is 140 Å². The molecule has 0 fully saturated rings. The quantitative estimate of drug-likeness (QED) is 0.540. The number of amides is 1. The number of aromatic amines is 1. The lowest BCUT2D eigenvalue weighted by Gasteiger charge is -2.00. The van der Waals surface area contributed by atoms with Gasteiger partial charge in [-0.2, -0.15) is 5.10 Å². The molecule has 0 spiro atoms. The summed E-state index contributed by atoms with van der Waals surface area (Å²) in [7, 11) is 2.00. The van der Waals surface area contributed by atoms with Gasteiger partial charge in [-0.3, -0.25) is 9.89 Å². The fourth-order valence-electron chi connectivity index (χ4n) is 2.69. The van der Waals surface area contributed by atoms with E-state index in [4.69, 9.17) is 0 Å². The summed E-state index contributed by atoms with van der Waals surface area (Å²) < 4.78 is 2.06. The average Bonchev–Trinajstić information content (AvgIpc) is 3.14. The highest BCUT2D eigenvalue weighted by atomic mass is 16.1. The summed E-state index contributed by atoms with van der Waals surface area (Å²) in [6.07, 6.45) is 7.03. The predicted molar refractivity (Wildman–Crippen MR) is 94.4 cm³/mol. The fourth-order valence-corrected chi connectivity index (χ4v) is 2.69. The average molecular weight is 323 g/mol. The molecule has 6 heteroatoms. The van der Waals surface area contributed by atoms with E-state index >= 15 is 0 Å². The van der Waals surface area contributed by atoms with E-state index in [0.29, 0.717) is 6.54 Å². The van der Waals surface area contributed by atoms with Gasteiger partial charge < -0.3 is 9.88 Å². The standard InChI is InChI=1S/C18H21N5O/c1-13-20-17(22-21-13)8-5-11-19-18(24)10-9-14-12-23(2)16-7-4-3-6-15(14)16/h3-4,6-7,9-10,12H,5,8,11H2,1-2H3,(H,19,24)(H,20,21,22). The smallest absolute Gasteiger partial charge is 0.244 e. The van der Waals surface area contributed by atoms with Crippen molar-refractivity contribution in [1.82, 2.24) is 25.1 Å². The minimum absolute atomic E-state index is 0.0888. The maximum Gasteiger partial charge on any atom is 0.244 e. The summed E-state index contributed by atoms with van der Waals surface area (Å²) in [5, 5.41) is 10.9. The number of aromatic nitrogens is 4. The van der Waals surface area contributed by atoms with Crippen molar-refractivity contribution in [2.45, 2.75) is 19.8 Å². The molecule has 0 atom stereocenters. The number of rotatable bonds is 6. The van der Waals surface area contributed by atoms with Crippen molar-refractivity contribution in [3.8, 4) is 0 Å². The van der Waals surface area contributed by atoms with Crippen molar-refractivity contribution < 1.29 is 4.79 Å². The molecule has 0 bridgehead atoms. The van der Waals surface area contributed by atoms with Crippen LogP contribution in [-0.4, -0.2) is 32.2 Å². The lowest BCUT2D eigenvalue weighted by atomic mass is 10.1. The highest BCUT2D eigenvalue weighted by molar-refractivity contribution is 5.96. The Balaban J connectivity index is 1.51. The minimum Gasteiger partial charge on any atom is -0.353 e. The number of hydrogen-bond donors (Lipinski definition) is 2. The number of para-hydroxylation sites is 1. The molecule has 0 unspecified atom stereocenters. The van der Waals surface area contributed by atoms with E-state index in [1.165, 1.54) is 0 Å². The number of hydrogen-bond acceptors (Lipinski definition) is 3. The second kappa shape index (κ2) is 7.12. The van der Waals surface area contributed by atoms with Gasteiger partial charge in [0.05, 0.1) is 0 Å². The lowest BCUT2D eigenvalue weighted by molar-refractivity contribution is -0.116. The lowest BCUT2D eigenvalue weighted by Crippen LogP contribution is -2.22.